The number of nitro benzene ring substituents is 1. The number of hydrazone groups is 1. The molecule has 1 aromatic rings. The van der Waals surface area contributed by atoms with Gasteiger partial charge in [-0.2, -0.15) is 5.10 Å². The average Bonchev–Trinajstić information content (AvgIpc) is 2.43. The Morgan fingerprint density at radius 3 is 2.09 bits per heavy atom. The van der Waals surface area contributed by atoms with Crippen molar-refractivity contribution in [2.75, 3.05) is 5.43 Å². The van der Waals surface area contributed by atoms with E-state index in [2.05, 4.69) is 10.5 Å². The fourth-order valence-corrected chi connectivity index (χ4v) is 3.28. The largest absolute Gasteiger partial charge is 0.393 e. The summed E-state index contributed by atoms with van der Waals surface area (Å²) in [5.41, 5.74) is 2.95. The van der Waals surface area contributed by atoms with E-state index in [1.165, 1.54) is 24.3 Å². The van der Waals surface area contributed by atoms with E-state index >= 15 is 0 Å². The summed E-state index contributed by atoms with van der Waals surface area (Å²) in [5.74, 6) is 0. The lowest BCUT2D eigenvalue weighted by Crippen LogP contribution is -2.12. The molecule has 0 saturated heterocycles. The second kappa shape index (κ2) is 8.40. The van der Waals surface area contributed by atoms with Crippen molar-refractivity contribution in [3.8, 4) is 0 Å². The Hall–Kier alpha value is -1.47. The van der Waals surface area contributed by atoms with E-state index in [4.69, 9.17) is 20.6 Å². The van der Waals surface area contributed by atoms with Crippen molar-refractivity contribution in [3.05, 3.63) is 34.4 Å². The number of hydrogen-bond donors (Lipinski definition) is 1. The number of nitro groups is 1. The first-order valence-corrected chi connectivity index (χ1v) is 8.77. The molecular formula is C13H19ClN3O5P. The number of anilines is 1. The van der Waals surface area contributed by atoms with Crippen molar-refractivity contribution in [3.63, 3.8) is 0 Å². The summed E-state index contributed by atoms with van der Waals surface area (Å²) in [6.07, 6.45) is -0.745. The number of rotatable bonds is 8. The fraction of sp³-hybridized carbons (Fsp3) is 0.462. The third-order valence-corrected chi connectivity index (χ3v) is 4.94. The van der Waals surface area contributed by atoms with Gasteiger partial charge in [-0.05, 0) is 39.8 Å². The molecule has 0 amide bonds. The fourth-order valence-electron chi connectivity index (χ4n) is 1.50. The minimum absolute atomic E-state index is 0.0532. The van der Waals surface area contributed by atoms with Crippen molar-refractivity contribution in [1.29, 1.82) is 0 Å². The van der Waals surface area contributed by atoms with Crippen LogP contribution in [0.2, 0.25) is 0 Å². The molecule has 23 heavy (non-hydrogen) atoms. The van der Waals surface area contributed by atoms with E-state index in [0.29, 0.717) is 5.69 Å². The molecule has 0 atom stereocenters. The lowest BCUT2D eigenvalue weighted by atomic mass is 10.3. The molecule has 10 heteroatoms. The maximum Gasteiger partial charge on any atom is 0.393 e. The number of benzene rings is 1. The summed E-state index contributed by atoms with van der Waals surface area (Å²) in [6, 6.07) is 5.51. The van der Waals surface area contributed by atoms with Gasteiger partial charge in [-0.1, -0.05) is 11.6 Å². The predicted molar refractivity (Wildman–Crippen MR) is 90.1 cm³/mol. The van der Waals surface area contributed by atoms with Gasteiger partial charge in [0.15, 0.2) is 0 Å². The summed E-state index contributed by atoms with van der Waals surface area (Å²) in [6.45, 7) is 6.79. The summed E-state index contributed by atoms with van der Waals surface area (Å²) in [4.78, 5) is 9.72. The van der Waals surface area contributed by atoms with Crippen LogP contribution >= 0.6 is 19.2 Å². The Morgan fingerprint density at radius 2 is 1.70 bits per heavy atom. The van der Waals surface area contributed by atoms with Crippen LogP contribution in [0.1, 0.15) is 27.7 Å². The zero-order valence-electron chi connectivity index (χ0n) is 13.2. The standard InChI is InChI=1S/C13H19ClN3O5P/c1-9(2)21-23(20,22-10(3)4)13(14)16-15-11-5-7-12(8-6-11)17(18)19/h5-10,15H,1-4H3/b16-13+. The number of hydrogen-bond acceptors (Lipinski definition) is 7. The van der Waals surface area contributed by atoms with Crippen molar-refractivity contribution in [1.82, 2.24) is 0 Å². The molecule has 0 aliphatic heterocycles. The minimum Gasteiger partial charge on any atom is -0.301 e. The van der Waals surface area contributed by atoms with Crippen LogP contribution in [0.5, 0.6) is 0 Å². The molecule has 0 aliphatic carbocycles. The maximum absolute atomic E-state index is 12.7. The van der Waals surface area contributed by atoms with Gasteiger partial charge in [-0.15, -0.1) is 0 Å². The van der Waals surface area contributed by atoms with Crippen LogP contribution in [0, 0.1) is 10.1 Å². The molecule has 0 heterocycles. The van der Waals surface area contributed by atoms with Gasteiger partial charge in [0.2, 0.25) is 4.91 Å². The number of nitrogens with zero attached hydrogens (tertiary/aromatic N) is 2. The summed E-state index contributed by atoms with van der Waals surface area (Å²) in [7, 11) is -3.74. The average molecular weight is 364 g/mol. The predicted octanol–water partition coefficient (Wildman–Crippen LogP) is 4.56. The lowest BCUT2D eigenvalue weighted by Gasteiger charge is -2.21. The van der Waals surface area contributed by atoms with Crippen LogP contribution in [0.15, 0.2) is 29.4 Å². The molecule has 1 rings (SSSR count). The molecule has 0 spiro atoms. The van der Waals surface area contributed by atoms with Crippen LogP contribution in [0.3, 0.4) is 0 Å². The van der Waals surface area contributed by atoms with Gasteiger partial charge >= 0.3 is 7.60 Å². The van der Waals surface area contributed by atoms with Crippen LogP contribution in [0.25, 0.3) is 0 Å². The Kier molecular flexibility index (Phi) is 7.15. The Labute approximate surface area is 139 Å². The third kappa shape index (κ3) is 6.27. The lowest BCUT2D eigenvalue weighted by molar-refractivity contribution is -0.384. The van der Waals surface area contributed by atoms with Gasteiger partial charge in [0, 0.05) is 12.1 Å². The smallest absolute Gasteiger partial charge is 0.301 e. The molecule has 0 radical (unpaired) electrons. The van der Waals surface area contributed by atoms with Crippen molar-refractivity contribution in [2.45, 2.75) is 39.9 Å². The van der Waals surface area contributed by atoms with E-state index in [9.17, 15) is 14.7 Å². The molecule has 0 saturated carbocycles. The molecule has 0 bridgehead atoms. The van der Waals surface area contributed by atoms with Crippen LogP contribution in [0.4, 0.5) is 11.4 Å². The molecular weight excluding hydrogens is 345 g/mol. The molecule has 1 aromatic carbocycles. The molecule has 0 fully saturated rings. The van der Waals surface area contributed by atoms with Crippen molar-refractivity contribution < 1.29 is 18.5 Å². The first-order valence-electron chi connectivity index (χ1n) is 6.85. The molecule has 0 aromatic heterocycles. The highest BCUT2D eigenvalue weighted by Crippen LogP contribution is 2.53. The molecule has 0 unspecified atom stereocenters. The topological polar surface area (TPSA) is 103 Å². The summed E-state index contributed by atoms with van der Waals surface area (Å²) < 4.78 is 23.2. The quantitative estimate of drug-likeness (QED) is 0.314. The molecule has 128 valence electrons. The van der Waals surface area contributed by atoms with Crippen molar-refractivity contribution >= 4 is 35.5 Å². The van der Waals surface area contributed by atoms with E-state index < -0.39 is 12.5 Å². The Morgan fingerprint density at radius 1 is 1.22 bits per heavy atom. The first-order chi connectivity index (χ1) is 10.6. The summed E-state index contributed by atoms with van der Waals surface area (Å²) >= 11 is 5.97. The molecule has 1 N–H and O–H groups in total. The van der Waals surface area contributed by atoms with Gasteiger partial charge in [0.05, 0.1) is 22.8 Å². The van der Waals surface area contributed by atoms with Crippen LogP contribution in [-0.4, -0.2) is 22.0 Å². The van der Waals surface area contributed by atoms with E-state index in [1.54, 1.807) is 27.7 Å². The van der Waals surface area contributed by atoms with Crippen molar-refractivity contribution in [2.24, 2.45) is 5.10 Å². The Bertz CT molecular complexity index is 605. The van der Waals surface area contributed by atoms with E-state index in [-0.39, 0.29) is 22.8 Å². The maximum atomic E-state index is 12.7. The van der Waals surface area contributed by atoms with Gasteiger partial charge in [0.1, 0.15) is 0 Å². The van der Waals surface area contributed by atoms with Gasteiger partial charge in [0.25, 0.3) is 5.69 Å². The van der Waals surface area contributed by atoms with Crippen LogP contribution < -0.4 is 5.43 Å². The van der Waals surface area contributed by atoms with Gasteiger partial charge in [-0.25, -0.2) is 0 Å². The SMILES string of the molecule is CC(C)OP(=O)(OC(C)C)/C(Cl)=N/Nc1ccc([N+](=O)[O-])cc1. The van der Waals surface area contributed by atoms with Crippen LogP contribution in [-0.2, 0) is 13.6 Å². The van der Waals surface area contributed by atoms with Gasteiger partial charge in [-0.3, -0.25) is 20.1 Å². The third-order valence-electron chi connectivity index (χ3n) is 2.28. The van der Waals surface area contributed by atoms with Gasteiger partial charge < -0.3 is 9.05 Å². The normalized spacial score (nSPS) is 12.7. The Balaban J connectivity index is 2.90. The second-order valence-electron chi connectivity index (χ2n) is 5.10. The van der Waals surface area contributed by atoms with E-state index in [1.807, 2.05) is 0 Å². The highest BCUT2D eigenvalue weighted by Gasteiger charge is 2.34. The number of nitrogens with one attached hydrogen (secondary N) is 1. The van der Waals surface area contributed by atoms with E-state index in [0.717, 1.165) is 0 Å². The highest BCUT2D eigenvalue weighted by molar-refractivity contribution is 7.77. The monoisotopic (exact) mass is 363 g/mol. The number of non-ortho nitro benzene ring substituents is 1. The second-order valence-corrected chi connectivity index (χ2v) is 7.56. The minimum atomic E-state index is -3.74. The summed E-state index contributed by atoms with van der Waals surface area (Å²) in [5, 5.41) is 14.4. The zero-order chi connectivity index (χ0) is 17.6. The first kappa shape index (κ1) is 19.6. The highest BCUT2D eigenvalue weighted by atomic mass is 35.5. The number of halogens is 1. The molecule has 8 nitrogen and oxygen atoms in total. The molecule has 0 aliphatic rings. The zero-order valence-corrected chi connectivity index (χ0v) is 14.9.